The molecule has 0 radical (unpaired) electrons. The Hall–Kier alpha value is -1.57. The van der Waals surface area contributed by atoms with Crippen molar-refractivity contribution in [3.8, 4) is 5.75 Å². The zero-order valence-electron chi connectivity index (χ0n) is 12.6. The molecule has 0 saturated carbocycles. The number of carbonyl (C=O) groups excluding carboxylic acids is 1. The van der Waals surface area contributed by atoms with E-state index in [0.717, 1.165) is 6.54 Å². The second-order valence-corrected chi connectivity index (χ2v) is 6.82. The summed E-state index contributed by atoms with van der Waals surface area (Å²) in [6.07, 6.45) is 1.83. The summed E-state index contributed by atoms with van der Waals surface area (Å²) in [7, 11) is 0. The molecule has 1 unspecified atom stereocenters. The summed E-state index contributed by atoms with van der Waals surface area (Å²) >= 11 is 3.04. The molecule has 0 spiro atoms. The molecule has 0 bridgehead atoms. The standard InChI is InChI=1S/C16H17FN2O2S2/c1-22-15-13-12(3-2-11(17)14(13)19-16(15)20)21-6-5-18-8-10-4-7-23-9-10/h2-4,7,9,15,18H,5-6,8H2,1H3,(H,19,20). The van der Waals surface area contributed by atoms with Gasteiger partial charge < -0.3 is 15.4 Å². The fraction of sp³-hybridized carbons (Fsp3) is 0.312. The van der Waals surface area contributed by atoms with Crippen molar-refractivity contribution in [3.63, 3.8) is 0 Å². The number of benzene rings is 1. The van der Waals surface area contributed by atoms with Gasteiger partial charge in [0, 0.05) is 18.7 Å². The maximum atomic E-state index is 13.9. The van der Waals surface area contributed by atoms with Crippen LogP contribution in [0.5, 0.6) is 5.75 Å². The Bertz CT molecular complexity index is 692. The molecule has 1 aromatic carbocycles. The van der Waals surface area contributed by atoms with Gasteiger partial charge in [-0.15, -0.1) is 11.8 Å². The minimum atomic E-state index is -0.423. The Morgan fingerprint density at radius 3 is 3.04 bits per heavy atom. The predicted molar refractivity (Wildman–Crippen MR) is 92.8 cm³/mol. The number of halogens is 1. The molecule has 1 atom stereocenters. The summed E-state index contributed by atoms with van der Waals surface area (Å²) in [4.78, 5) is 11.9. The van der Waals surface area contributed by atoms with Crippen LogP contribution in [-0.4, -0.2) is 25.3 Å². The zero-order chi connectivity index (χ0) is 16.2. The summed E-state index contributed by atoms with van der Waals surface area (Å²) in [6.45, 7) is 1.92. The van der Waals surface area contributed by atoms with Crippen LogP contribution >= 0.6 is 23.1 Å². The van der Waals surface area contributed by atoms with Gasteiger partial charge in [-0.3, -0.25) is 4.79 Å². The minimum absolute atomic E-state index is 0.196. The van der Waals surface area contributed by atoms with E-state index < -0.39 is 11.1 Å². The van der Waals surface area contributed by atoms with E-state index in [4.69, 9.17) is 4.74 Å². The molecule has 3 rings (SSSR count). The number of ether oxygens (including phenoxy) is 1. The van der Waals surface area contributed by atoms with Crippen LogP contribution < -0.4 is 15.4 Å². The molecule has 1 aliphatic rings. The van der Waals surface area contributed by atoms with E-state index in [9.17, 15) is 9.18 Å². The monoisotopic (exact) mass is 352 g/mol. The average Bonchev–Trinajstić information content (AvgIpc) is 3.16. The molecule has 23 heavy (non-hydrogen) atoms. The smallest absolute Gasteiger partial charge is 0.242 e. The number of hydrogen-bond acceptors (Lipinski definition) is 5. The first-order valence-corrected chi connectivity index (χ1v) is 9.44. The average molecular weight is 352 g/mol. The highest BCUT2D eigenvalue weighted by Crippen LogP contribution is 2.45. The molecule has 1 aliphatic heterocycles. The maximum Gasteiger partial charge on any atom is 0.242 e. The molecule has 2 aromatic rings. The van der Waals surface area contributed by atoms with Crippen LogP contribution in [0.3, 0.4) is 0 Å². The van der Waals surface area contributed by atoms with Gasteiger partial charge in [-0.05, 0) is 40.8 Å². The molecule has 4 nitrogen and oxygen atoms in total. The number of thioether (sulfide) groups is 1. The van der Waals surface area contributed by atoms with Crippen molar-refractivity contribution in [1.82, 2.24) is 5.32 Å². The second kappa shape index (κ2) is 7.33. The fourth-order valence-corrected chi connectivity index (χ4v) is 3.90. The van der Waals surface area contributed by atoms with Gasteiger partial charge in [-0.2, -0.15) is 11.3 Å². The van der Waals surface area contributed by atoms with Crippen molar-refractivity contribution in [3.05, 3.63) is 45.9 Å². The normalized spacial score (nSPS) is 16.3. The number of hydrogen-bond donors (Lipinski definition) is 2. The molecule has 1 aromatic heterocycles. The highest BCUT2D eigenvalue weighted by molar-refractivity contribution is 7.99. The Morgan fingerprint density at radius 1 is 1.43 bits per heavy atom. The summed E-state index contributed by atoms with van der Waals surface area (Å²) in [6, 6.07) is 5.00. The number of rotatable bonds is 7. The Labute approximate surface area is 142 Å². The highest BCUT2D eigenvalue weighted by atomic mass is 32.2. The van der Waals surface area contributed by atoms with E-state index in [1.165, 1.54) is 23.4 Å². The van der Waals surface area contributed by atoms with Gasteiger partial charge in [0.1, 0.15) is 23.4 Å². The predicted octanol–water partition coefficient (Wildman–Crippen LogP) is 3.41. The number of thiophene rings is 1. The third-order valence-electron chi connectivity index (χ3n) is 3.58. The topological polar surface area (TPSA) is 50.4 Å². The lowest BCUT2D eigenvalue weighted by Gasteiger charge is -2.13. The molecular weight excluding hydrogens is 335 g/mol. The highest BCUT2D eigenvalue weighted by Gasteiger charge is 2.35. The van der Waals surface area contributed by atoms with E-state index in [1.807, 2.05) is 11.6 Å². The molecule has 0 saturated heterocycles. The van der Waals surface area contributed by atoms with E-state index in [0.29, 0.717) is 24.5 Å². The van der Waals surface area contributed by atoms with Crippen LogP contribution in [-0.2, 0) is 11.3 Å². The first-order chi connectivity index (χ1) is 11.2. The van der Waals surface area contributed by atoms with Crippen LogP contribution in [0.4, 0.5) is 10.1 Å². The number of fused-ring (bicyclic) bond motifs is 1. The first kappa shape index (κ1) is 16.3. The fourth-order valence-electron chi connectivity index (χ4n) is 2.49. The van der Waals surface area contributed by atoms with Crippen LogP contribution in [0, 0.1) is 5.82 Å². The summed E-state index contributed by atoms with van der Waals surface area (Å²) in [5.41, 5.74) is 2.10. The third kappa shape index (κ3) is 3.52. The molecule has 0 aliphatic carbocycles. The number of carbonyl (C=O) groups is 1. The van der Waals surface area contributed by atoms with Gasteiger partial charge in [-0.1, -0.05) is 0 Å². The van der Waals surface area contributed by atoms with Crippen molar-refractivity contribution in [2.45, 2.75) is 11.8 Å². The lowest BCUT2D eigenvalue weighted by atomic mass is 10.1. The molecular formula is C16H17FN2O2S2. The Morgan fingerprint density at radius 2 is 2.30 bits per heavy atom. The Kier molecular flexibility index (Phi) is 5.20. The van der Waals surface area contributed by atoms with Gasteiger partial charge in [0.15, 0.2) is 0 Å². The molecule has 2 N–H and O–H groups in total. The number of nitrogens with one attached hydrogen (secondary N) is 2. The van der Waals surface area contributed by atoms with Crippen molar-refractivity contribution in [2.75, 3.05) is 24.7 Å². The lowest BCUT2D eigenvalue weighted by Crippen LogP contribution is -2.20. The van der Waals surface area contributed by atoms with Gasteiger partial charge in [0.2, 0.25) is 5.91 Å². The van der Waals surface area contributed by atoms with Crippen molar-refractivity contribution >= 4 is 34.7 Å². The SMILES string of the molecule is CSC1C(=O)Nc2c(F)ccc(OCCNCc3ccsc3)c21. The van der Waals surface area contributed by atoms with Crippen LogP contribution in [0.25, 0.3) is 0 Å². The van der Waals surface area contributed by atoms with Crippen LogP contribution in [0.1, 0.15) is 16.4 Å². The van der Waals surface area contributed by atoms with Crippen LogP contribution in [0.2, 0.25) is 0 Å². The maximum absolute atomic E-state index is 13.9. The van der Waals surface area contributed by atoms with Crippen molar-refractivity contribution in [2.24, 2.45) is 0 Å². The van der Waals surface area contributed by atoms with Gasteiger partial charge in [-0.25, -0.2) is 4.39 Å². The second-order valence-electron chi connectivity index (χ2n) is 5.10. The summed E-state index contributed by atoms with van der Waals surface area (Å²) in [5, 5.41) is 9.61. The lowest BCUT2D eigenvalue weighted by molar-refractivity contribution is -0.115. The zero-order valence-corrected chi connectivity index (χ0v) is 14.2. The molecule has 1 amide bonds. The van der Waals surface area contributed by atoms with Gasteiger partial charge in [0.25, 0.3) is 0 Å². The van der Waals surface area contributed by atoms with Crippen LogP contribution in [0.15, 0.2) is 29.0 Å². The van der Waals surface area contributed by atoms with E-state index in [2.05, 4.69) is 22.1 Å². The largest absolute Gasteiger partial charge is 0.492 e. The Balaban J connectivity index is 1.60. The summed E-state index contributed by atoms with van der Waals surface area (Å²) in [5.74, 6) is -0.0534. The van der Waals surface area contributed by atoms with E-state index in [1.54, 1.807) is 17.4 Å². The molecule has 7 heteroatoms. The quantitative estimate of drug-likeness (QED) is 0.750. The number of anilines is 1. The van der Waals surface area contributed by atoms with Crippen molar-refractivity contribution in [1.29, 1.82) is 0 Å². The van der Waals surface area contributed by atoms with Gasteiger partial charge in [0.05, 0.1) is 5.69 Å². The molecule has 122 valence electrons. The first-order valence-electron chi connectivity index (χ1n) is 7.21. The van der Waals surface area contributed by atoms with Crippen molar-refractivity contribution < 1.29 is 13.9 Å². The summed E-state index contributed by atoms with van der Waals surface area (Å²) < 4.78 is 19.6. The minimum Gasteiger partial charge on any atom is -0.492 e. The van der Waals surface area contributed by atoms with E-state index in [-0.39, 0.29) is 11.6 Å². The third-order valence-corrected chi connectivity index (χ3v) is 5.24. The molecule has 0 fully saturated rings. The molecule has 2 heterocycles. The van der Waals surface area contributed by atoms with Gasteiger partial charge >= 0.3 is 0 Å². The van der Waals surface area contributed by atoms with E-state index >= 15 is 0 Å². The number of amides is 1.